The Morgan fingerprint density at radius 2 is 2.11 bits per heavy atom. The van der Waals surface area contributed by atoms with Crippen molar-refractivity contribution in [2.75, 3.05) is 7.05 Å². The molecule has 0 spiro atoms. The summed E-state index contributed by atoms with van der Waals surface area (Å²) in [5.41, 5.74) is 1.29. The first-order chi connectivity index (χ1) is 8.58. The van der Waals surface area contributed by atoms with E-state index in [2.05, 4.69) is 42.9 Å². The lowest BCUT2D eigenvalue weighted by Gasteiger charge is -2.28. The van der Waals surface area contributed by atoms with Crippen LogP contribution in [0.5, 0.6) is 0 Å². The van der Waals surface area contributed by atoms with Gasteiger partial charge in [0.25, 0.3) is 0 Å². The molecule has 1 aromatic heterocycles. The predicted octanol–water partition coefficient (Wildman–Crippen LogP) is 3.51. The zero-order chi connectivity index (χ0) is 13.5. The van der Waals surface area contributed by atoms with Crippen LogP contribution in [0.2, 0.25) is 0 Å². The molecular weight excluding hydrogens is 244 g/mol. The van der Waals surface area contributed by atoms with Gasteiger partial charge in [-0.25, -0.2) is 4.79 Å². The van der Waals surface area contributed by atoms with Crippen LogP contribution in [0.15, 0.2) is 16.8 Å². The average Bonchev–Trinajstić information content (AvgIpc) is 2.82. The standard InChI is InChI=1S/C14H24N2OS/c1-5-13(6-2)16(4)14(17)15-11(3)9-12-7-8-18-10-12/h7-8,10-11,13H,5-6,9H2,1-4H3,(H,15,17). The molecule has 1 rings (SSSR count). The second-order valence-corrected chi connectivity index (χ2v) is 5.55. The van der Waals surface area contributed by atoms with E-state index in [1.165, 1.54) is 5.56 Å². The van der Waals surface area contributed by atoms with Crippen LogP contribution in [-0.4, -0.2) is 30.1 Å². The fourth-order valence-electron chi connectivity index (χ4n) is 2.13. The van der Waals surface area contributed by atoms with E-state index in [1.807, 2.05) is 11.9 Å². The summed E-state index contributed by atoms with van der Waals surface area (Å²) < 4.78 is 0. The van der Waals surface area contributed by atoms with Crippen LogP contribution in [0, 0.1) is 0 Å². The summed E-state index contributed by atoms with van der Waals surface area (Å²) >= 11 is 1.70. The van der Waals surface area contributed by atoms with E-state index in [1.54, 1.807) is 11.3 Å². The van der Waals surface area contributed by atoms with Crippen molar-refractivity contribution in [2.45, 2.75) is 52.1 Å². The van der Waals surface area contributed by atoms with E-state index < -0.39 is 0 Å². The van der Waals surface area contributed by atoms with Crippen LogP contribution in [0.25, 0.3) is 0 Å². The lowest BCUT2D eigenvalue weighted by atomic mass is 10.1. The fraction of sp³-hybridized carbons (Fsp3) is 0.643. The first-order valence-corrected chi connectivity index (χ1v) is 7.57. The Bertz CT molecular complexity index is 347. The zero-order valence-electron chi connectivity index (χ0n) is 11.8. The van der Waals surface area contributed by atoms with Crippen LogP contribution < -0.4 is 5.32 Å². The SMILES string of the molecule is CCC(CC)N(C)C(=O)NC(C)Cc1ccsc1. The number of hydrogen-bond donors (Lipinski definition) is 1. The Labute approximate surface area is 114 Å². The third kappa shape index (κ3) is 4.33. The van der Waals surface area contributed by atoms with Gasteiger partial charge < -0.3 is 10.2 Å². The molecule has 0 aliphatic rings. The number of hydrogen-bond acceptors (Lipinski definition) is 2. The molecule has 0 aromatic carbocycles. The summed E-state index contributed by atoms with van der Waals surface area (Å²) in [6.45, 7) is 6.29. The van der Waals surface area contributed by atoms with E-state index in [0.29, 0.717) is 6.04 Å². The molecule has 0 saturated heterocycles. The molecule has 0 aliphatic carbocycles. The van der Waals surface area contributed by atoms with Crippen molar-refractivity contribution in [3.63, 3.8) is 0 Å². The number of thiophene rings is 1. The van der Waals surface area contributed by atoms with Crippen molar-refractivity contribution in [1.29, 1.82) is 0 Å². The Kier molecular flexibility index (Phi) is 6.19. The quantitative estimate of drug-likeness (QED) is 0.841. The van der Waals surface area contributed by atoms with Crippen molar-refractivity contribution in [3.8, 4) is 0 Å². The van der Waals surface area contributed by atoms with Crippen LogP contribution in [0.4, 0.5) is 4.79 Å². The number of urea groups is 1. The molecule has 102 valence electrons. The number of nitrogens with zero attached hydrogens (tertiary/aromatic N) is 1. The van der Waals surface area contributed by atoms with Gasteiger partial charge in [0.05, 0.1) is 0 Å². The van der Waals surface area contributed by atoms with Crippen LogP contribution in [-0.2, 0) is 6.42 Å². The van der Waals surface area contributed by atoms with Gasteiger partial charge in [-0.3, -0.25) is 0 Å². The number of rotatable bonds is 6. The van der Waals surface area contributed by atoms with Gasteiger partial charge in [0, 0.05) is 19.1 Å². The Hall–Kier alpha value is -1.03. The molecule has 1 heterocycles. The molecule has 0 radical (unpaired) electrons. The van der Waals surface area contributed by atoms with Crippen molar-refractivity contribution in [1.82, 2.24) is 10.2 Å². The van der Waals surface area contributed by atoms with Gasteiger partial charge in [0.2, 0.25) is 0 Å². The molecule has 0 bridgehead atoms. The van der Waals surface area contributed by atoms with Crippen LogP contribution in [0.1, 0.15) is 39.2 Å². The van der Waals surface area contributed by atoms with E-state index in [-0.39, 0.29) is 12.1 Å². The molecule has 0 aliphatic heterocycles. The highest BCUT2D eigenvalue weighted by molar-refractivity contribution is 7.07. The minimum absolute atomic E-state index is 0.0337. The van der Waals surface area contributed by atoms with E-state index in [4.69, 9.17) is 0 Å². The van der Waals surface area contributed by atoms with Crippen molar-refractivity contribution < 1.29 is 4.79 Å². The summed E-state index contributed by atoms with van der Waals surface area (Å²) in [4.78, 5) is 13.9. The lowest BCUT2D eigenvalue weighted by Crippen LogP contribution is -2.46. The van der Waals surface area contributed by atoms with Gasteiger partial charge in [-0.05, 0) is 48.6 Å². The molecule has 18 heavy (non-hydrogen) atoms. The largest absolute Gasteiger partial charge is 0.335 e. The molecular formula is C14H24N2OS. The normalized spacial score (nSPS) is 12.5. The van der Waals surface area contributed by atoms with Gasteiger partial charge in [-0.1, -0.05) is 13.8 Å². The van der Waals surface area contributed by atoms with Crippen molar-refractivity contribution >= 4 is 17.4 Å². The maximum atomic E-state index is 12.1. The van der Waals surface area contributed by atoms with Crippen LogP contribution in [0.3, 0.4) is 0 Å². The molecule has 1 N–H and O–H groups in total. The fourth-order valence-corrected chi connectivity index (χ4v) is 2.81. The van der Waals surface area contributed by atoms with Gasteiger partial charge >= 0.3 is 6.03 Å². The number of amides is 2. The van der Waals surface area contributed by atoms with Gasteiger partial charge in [0.15, 0.2) is 0 Å². The number of carbonyl (C=O) groups is 1. The Balaban J connectivity index is 2.43. The molecule has 0 saturated carbocycles. The van der Waals surface area contributed by atoms with Crippen LogP contribution >= 0.6 is 11.3 Å². The molecule has 1 unspecified atom stereocenters. The monoisotopic (exact) mass is 268 g/mol. The molecule has 3 nitrogen and oxygen atoms in total. The van der Waals surface area contributed by atoms with Crippen molar-refractivity contribution in [3.05, 3.63) is 22.4 Å². The van der Waals surface area contributed by atoms with Gasteiger partial charge in [-0.2, -0.15) is 11.3 Å². The molecule has 1 atom stereocenters. The third-order valence-electron chi connectivity index (χ3n) is 3.30. The average molecular weight is 268 g/mol. The summed E-state index contributed by atoms with van der Waals surface area (Å²) in [6, 6.07) is 2.64. The first kappa shape index (κ1) is 15.0. The highest BCUT2D eigenvalue weighted by Crippen LogP contribution is 2.10. The Morgan fingerprint density at radius 1 is 1.44 bits per heavy atom. The molecule has 2 amide bonds. The molecule has 1 aromatic rings. The summed E-state index contributed by atoms with van der Waals surface area (Å²) in [5.74, 6) is 0. The van der Waals surface area contributed by atoms with Crippen molar-refractivity contribution in [2.24, 2.45) is 0 Å². The maximum absolute atomic E-state index is 12.1. The summed E-state index contributed by atoms with van der Waals surface area (Å²) in [7, 11) is 1.88. The van der Waals surface area contributed by atoms with E-state index in [0.717, 1.165) is 19.3 Å². The first-order valence-electron chi connectivity index (χ1n) is 6.62. The van der Waals surface area contributed by atoms with E-state index >= 15 is 0 Å². The summed E-state index contributed by atoms with van der Waals surface area (Å²) in [6.07, 6.45) is 2.89. The number of carbonyl (C=O) groups excluding carboxylic acids is 1. The highest BCUT2D eigenvalue weighted by atomic mass is 32.1. The summed E-state index contributed by atoms with van der Waals surface area (Å²) in [5, 5.41) is 7.26. The second kappa shape index (κ2) is 7.41. The Morgan fingerprint density at radius 3 is 2.61 bits per heavy atom. The molecule has 4 heteroatoms. The second-order valence-electron chi connectivity index (χ2n) is 4.77. The molecule has 0 fully saturated rings. The third-order valence-corrected chi connectivity index (χ3v) is 4.03. The predicted molar refractivity (Wildman–Crippen MR) is 78.1 cm³/mol. The maximum Gasteiger partial charge on any atom is 0.317 e. The topological polar surface area (TPSA) is 32.3 Å². The van der Waals surface area contributed by atoms with E-state index in [9.17, 15) is 4.79 Å². The number of nitrogens with one attached hydrogen (secondary N) is 1. The minimum Gasteiger partial charge on any atom is -0.335 e. The highest BCUT2D eigenvalue weighted by Gasteiger charge is 2.18. The smallest absolute Gasteiger partial charge is 0.317 e. The lowest BCUT2D eigenvalue weighted by molar-refractivity contribution is 0.183. The minimum atomic E-state index is 0.0337. The van der Waals surface area contributed by atoms with Gasteiger partial charge in [0.1, 0.15) is 0 Å². The van der Waals surface area contributed by atoms with Gasteiger partial charge in [-0.15, -0.1) is 0 Å². The zero-order valence-corrected chi connectivity index (χ0v) is 12.6.